The summed E-state index contributed by atoms with van der Waals surface area (Å²) in [4.78, 5) is 12.9. The lowest BCUT2D eigenvalue weighted by atomic mass is 10.4. The second-order valence-corrected chi connectivity index (χ2v) is 2.46. The number of carbonyl (C=O) groups is 1. The monoisotopic (exact) mass is 169 g/mol. The fraction of sp³-hybridized carbons (Fsp3) is 0.667. The number of tetrazole rings is 1. The number of nitrogens with zero attached hydrogens (tertiary/aromatic N) is 4. The maximum Gasteiger partial charge on any atom is 0.295 e. The zero-order valence-electron chi connectivity index (χ0n) is 7.11. The van der Waals surface area contributed by atoms with Crippen LogP contribution in [-0.2, 0) is 0 Å². The lowest BCUT2D eigenvalue weighted by molar-refractivity contribution is 0.0783. The highest BCUT2D eigenvalue weighted by Gasteiger charge is 2.14. The number of aromatic amines is 1. The molecular formula is C6H11N5O. The molecule has 0 fully saturated rings. The molecule has 6 nitrogen and oxygen atoms in total. The molecule has 1 rings (SSSR count). The van der Waals surface area contributed by atoms with Crippen molar-refractivity contribution in [2.45, 2.75) is 13.3 Å². The van der Waals surface area contributed by atoms with Gasteiger partial charge in [-0.15, -0.1) is 10.2 Å². The molecule has 1 aromatic rings. The van der Waals surface area contributed by atoms with Gasteiger partial charge in [0.15, 0.2) is 0 Å². The molecule has 0 aliphatic carbocycles. The minimum atomic E-state index is -0.203. The van der Waals surface area contributed by atoms with E-state index in [2.05, 4.69) is 20.6 Å². The predicted octanol–water partition coefficient (Wildman–Crippen LogP) is -0.318. The van der Waals surface area contributed by atoms with E-state index in [0.717, 1.165) is 6.42 Å². The van der Waals surface area contributed by atoms with Crippen molar-refractivity contribution in [1.29, 1.82) is 0 Å². The van der Waals surface area contributed by atoms with E-state index < -0.39 is 0 Å². The SMILES string of the molecule is CCCN(C)C(=O)c1nn[nH]n1. The smallest absolute Gasteiger partial charge is 0.295 e. The molecule has 6 heteroatoms. The van der Waals surface area contributed by atoms with Crippen LogP contribution in [0.15, 0.2) is 0 Å². The predicted molar refractivity (Wildman–Crippen MR) is 41.4 cm³/mol. The van der Waals surface area contributed by atoms with Gasteiger partial charge >= 0.3 is 0 Å². The molecule has 0 radical (unpaired) electrons. The summed E-state index contributed by atoms with van der Waals surface area (Å²) in [6.07, 6.45) is 0.917. The maximum absolute atomic E-state index is 11.3. The lowest BCUT2D eigenvalue weighted by Gasteiger charge is -2.12. The van der Waals surface area contributed by atoms with Crippen LogP contribution in [0.25, 0.3) is 0 Å². The number of H-pyrrole nitrogens is 1. The fourth-order valence-corrected chi connectivity index (χ4v) is 0.860. The Morgan fingerprint density at radius 2 is 2.42 bits per heavy atom. The number of nitrogens with one attached hydrogen (secondary N) is 1. The summed E-state index contributed by atoms with van der Waals surface area (Å²) in [6, 6.07) is 0. The van der Waals surface area contributed by atoms with Crippen LogP contribution in [0.2, 0.25) is 0 Å². The third kappa shape index (κ3) is 1.77. The second kappa shape index (κ2) is 3.80. The molecule has 0 aliphatic heterocycles. The average molecular weight is 169 g/mol. The molecule has 0 bridgehead atoms. The molecule has 1 aromatic heterocycles. The van der Waals surface area contributed by atoms with Gasteiger partial charge in [0.1, 0.15) is 0 Å². The van der Waals surface area contributed by atoms with Gasteiger partial charge in [0.25, 0.3) is 11.7 Å². The first-order valence-corrected chi connectivity index (χ1v) is 3.74. The third-order valence-electron chi connectivity index (χ3n) is 1.44. The van der Waals surface area contributed by atoms with Crippen molar-refractivity contribution in [2.75, 3.05) is 13.6 Å². The van der Waals surface area contributed by atoms with Gasteiger partial charge in [-0.1, -0.05) is 6.92 Å². The van der Waals surface area contributed by atoms with Gasteiger partial charge in [0.05, 0.1) is 0 Å². The zero-order chi connectivity index (χ0) is 8.97. The Balaban J connectivity index is 2.59. The van der Waals surface area contributed by atoms with Crippen LogP contribution in [0, 0.1) is 0 Å². The van der Waals surface area contributed by atoms with Crippen LogP contribution in [-0.4, -0.2) is 45.0 Å². The Kier molecular flexibility index (Phi) is 2.73. The Hall–Kier alpha value is -1.46. The largest absolute Gasteiger partial charge is 0.339 e. The van der Waals surface area contributed by atoms with E-state index in [1.807, 2.05) is 6.92 Å². The van der Waals surface area contributed by atoms with E-state index in [-0.39, 0.29) is 11.7 Å². The Bertz CT molecular complexity index is 244. The highest BCUT2D eigenvalue weighted by atomic mass is 16.2. The van der Waals surface area contributed by atoms with Gasteiger partial charge in [-0.25, -0.2) is 0 Å². The van der Waals surface area contributed by atoms with E-state index in [1.54, 1.807) is 11.9 Å². The van der Waals surface area contributed by atoms with Crippen LogP contribution in [0.4, 0.5) is 0 Å². The molecular weight excluding hydrogens is 158 g/mol. The van der Waals surface area contributed by atoms with Crippen molar-refractivity contribution in [3.05, 3.63) is 5.82 Å². The summed E-state index contributed by atoms with van der Waals surface area (Å²) in [6.45, 7) is 2.70. The van der Waals surface area contributed by atoms with Crippen molar-refractivity contribution in [1.82, 2.24) is 25.5 Å². The Morgan fingerprint density at radius 1 is 1.67 bits per heavy atom. The standard InChI is InChI=1S/C6H11N5O/c1-3-4-11(2)6(12)5-7-9-10-8-5/h3-4H2,1-2H3,(H,7,8,9,10). The van der Waals surface area contributed by atoms with Crippen molar-refractivity contribution in [3.8, 4) is 0 Å². The minimum Gasteiger partial charge on any atom is -0.339 e. The molecule has 0 aromatic carbocycles. The van der Waals surface area contributed by atoms with Crippen LogP contribution in [0.1, 0.15) is 24.0 Å². The minimum absolute atomic E-state index is 0.117. The van der Waals surface area contributed by atoms with E-state index in [9.17, 15) is 4.79 Å². The average Bonchev–Trinajstić information content (AvgIpc) is 2.55. The topological polar surface area (TPSA) is 74.8 Å². The van der Waals surface area contributed by atoms with Crippen molar-refractivity contribution in [2.24, 2.45) is 0 Å². The fourth-order valence-electron chi connectivity index (χ4n) is 0.860. The normalized spacial score (nSPS) is 9.83. The molecule has 1 heterocycles. The van der Waals surface area contributed by atoms with E-state index >= 15 is 0 Å². The van der Waals surface area contributed by atoms with Crippen LogP contribution in [0.5, 0.6) is 0 Å². The first kappa shape index (κ1) is 8.63. The summed E-state index contributed by atoms with van der Waals surface area (Å²) in [7, 11) is 1.71. The Labute approximate surface area is 70.0 Å². The van der Waals surface area contributed by atoms with Gasteiger partial charge in [-0.05, 0) is 11.6 Å². The quantitative estimate of drug-likeness (QED) is 0.673. The molecule has 12 heavy (non-hydrogen) atoms. The lowest BCUT2D eigenvalue weighted by Crippen LogP contribution is -2.28. The summed E-state index contributed by atoms with van der Waals surface area (Å²) < 4.78 is 0. The van der Waals surface area contributed by atoms with E-state index in [1.165, 1.54) is 0 Å². The van der Waals surface area contributed by atoms with Gasteiger partial charge in [0.2, 0.25) is 0 Å². The Morgan fingerprint density at radius 3 is 2.92 bits per heavy atom. The highest BCUT2D eigenvalue weighted by molar-refractivity contribution is 5.89. The molecule has 66 valence electrons. The molecule has 0 saturated heterocycles. The third-order valence-corrected chi connectivity index (χ3v) is 1.44. The number of rotatable bonds is 3. The number of aromatic nitrogens is 4. The zero-order valence-corrected chi connectivity index (χ0v) is 7.11. The molecule has 0 aliphatic rings. The molecule has 1 amide bonds. The number of carbonyl (C=O) groups excluding carboxylic acids is 1. The molecule has 0 unspecified atom stereocenters. The van der Waals surface area contributed by atoms with Crippen LogP contribution < -0.4 is 0 Å². The van der Waals surface area contributed by atoms with Crippen molar-refractivity contribution < 1.29 is 4.79 Å². The molecule has 0 saturated carbocycles. The van der Waals surface area contributed by atoms with Gasteiger partial charge in [0, 0.05) is 13.6 Å². The van der Waals surface area contributed by atoms with Gasteiger partial charge in [-0.3, -0.25) is 4.79 Å². The van der Waals surface area contributed by atoms with Crippen molar-refractivity contribution in [3.63, 3.8) is 0 Å². The molecule has 0 spiro atoms. The summed E-state index contributed by atoms with van der Waals surface area (Å²) >= 11 is 0. The van der Waals surface area contributed by atoms with E-state index in [4.69, 9.17) is 0 Å². The van der Waals surface area contributed by atoms with Crippen LogP contribution >= 0.6 is 0 Å². The summed E-state index contributed by atoms with van der Waals surface area (Å²) in [5.74, 6) is -0.0865. The molecule has 1 N–H and O–H groups in total. The molecule has 0 atom stereocenters. The first-order chi connectivity index (χ1) is 5.75. The second-order valence-electron chi connectivity index (χ2n) is 2.46. The summed E-state index contributed by atoms with van der Waals surface area (Å²) in [5.41, 5.74) is 0. The van der Waals surface area contributed by atoms with Crippen LogP contribution in [0.3, 0.4) is 0 Å². The number of hydrogen-bond donors (Lipinski definition) is 1. The van der Waals surface area contributed by atoms with Crippen molar-refractivity contribution >= 4 is 5.91 Å². The summed E-state index contributed by atoms with van der Waals surface area (Å²) in [5, 5.41) is 12.7. The first-order valence-electron chi connectivity index (χ1n) is 3.74. The van der Waals surface area contributed by atoms with Gasteiger partial charge < -0.3 is 4.90 Å². The number of amides is 1. The number of hydrogen-bond acceptors (Lipinski definition) is 4. The maximum atomic E-state index is 11.3. The highest BCUT2D eigenvalue weighted by Crippen LogP contribution is 1.94. The van der Waals surface area contributed by atoms with Gasteiger partial charge in [-0.2, -0.15) is 5.21 Å². The van der Waals surface area contributed by atoms with E-state index in [0.29, 0.717) is 6.54 Å².